The van der Waals surface area contributed by atoms with Gasteiger partial charge in [-0.1, -0.05) is 12.1 Å². The molecule has 1 atom stereocenters. The van der Waals surface area contributed by atoms with E-state index in [0.717, 1.165) is 17.4 Å². The Hall–Kier alpha value is -1.35. The van der Waals surface area contributed by atoms with Crippen molar-refractivity contribution in [3.05, 3.63) is 42.7 Å². The van der Waals surface area contributed by atoms with Gasteiger partial charge in [-0.25, -0.2) is 0 Å². The smallest absolute Gasteiger partial charge is 0.116 e. The Balaban J connectivity index is 1.85. The van der Waals surface area contributed by atoms with Gasteiger partial charge in [0.15, 0.2) is 0 Å². The molecule has 0 spiro atoms. The molecule has 1 aliphatic heterocycles. The van der Waals surface area contributed by atoms with E-state index in [1.54, 1.807) is 12.1 Å². The van der Waals surface area contributed by atoms with E-state index in [0.29, 0.717) is 5.75 Å². The number of aromatic hydroxyl groups is 1. The Labute approximate surface area is 98.9 Å². The van der Waals surface area contributed by atoms with Gasteiger partial charge in [0.25, 0.3) is 0 Å². The molecule has 2 nitrogen and oxygen atoms in total. The van der Waals surface area contributed by atoms with E-state index >= 15 is 0 Å². The fourth-order valence-corrected chi connectivity index (χ4v) is 2.34. The first-order valence-corrected chi connectivity index (χ1v) is 6.43. The summed E-state index contributed by atoms with van der Waals surface area (Å²) in [6.07, 6.45) is 4.26. The summed E-state index contributed by atoms with van der Waals surface area (Å²) in [5, 5.41) is 10.2. The van der Waals surface area contributed by atoms with Gasteiger partial charge in [0, 0.05) is 29.9 Å². The monoisotopic (exact) mass is 231 g/mol. The highest BCUT2D eigenvalue weighted by molar-refractivity contribution is 8.06. The first kappa shape index (κ1) is 9.85. The molecule has 0 amide bonds. The van der Waals surface area contributed by atoms with Gasteiger partial charge in [-0.05, 0) is 29.3 Å². The standard InChI is InChI=1S/C13H13NOS/c15-12-3-1-2-10(6-12)11-4-5-14(7-11)8-13-9-16-13/h1-7,13,15H,8-9H2. The van der Waals surface area contributed by atoms with E-state index in [1.807, 2.05) is 23.9 Å². The lowest BCUT2D eigenvalue weighted by molar-refractivity contribution is 0.475. The zero-order chi connectivity index (χ0) is 11.0. The second kappa shape index (κ2) is 3.91. The number of aromatic nitrogens is 1. The van der Waals surface area contributed by atoms with Crippen molar-refractivity contribution < 1.29 is 5.11 Å². The van der Waals surface area contributed by atoms with Crippen molar-refractivity contribution in [1.29, 1.82) is 0 Å². The summed E-state index contributed by atoms with van der Waals surface area (Å²) in [4.78, 5) is 0. The van der Waals surface area contributed by atoms with Gasteiger partial charge in [0.05, 0.1) is 0 Å². The van der Waals surface area contributed by atoms with Crippen LogP contribution in [0.25, 0.3) is 11.1 Å². The van der Waals surface area contributed by atoms with Crippen LogP contribution in [0.4, 0.5) is 0 Å². The van der Waals surface area contributed by atoms with Crippen molar-refractivity contribution >= 4 is 11.8 Å². The van der Waals surface area contributed by atoms with E-state index in [1.165, 1.54) is 11.3 Å². The molecule has 0 saturated carbocycles. The van der Waals surface area contributed by atoms with Crippen LogP contribution in [-0.4, -0.2) is 20.7 Å². The number of hydrogen-bond donors (Lipinski definition) is 1. The van der Waals surface area contributed by atoms with E-state index in [4.69, 9.17) is 0 Å². The number of thioether (sulfide) groups is 1. The SMILES string of the molecule is Oc1cccc(-c2ccn(CC3CS3)c2)c1. The summed E-state index contributed by atoms with van der Waals surface area (Å²) in [6.45, 7) is 1.10. The second-order valence-electron chi connectivity index (χ2n) is 4.10. The maximum absolute atomic E-state index is 9.43. The molecule has 1 aromatic heterocycles. The molecule has 0 bridgehead atoms. The summed E-state index contributed by atoms with van der Waals surface area (Å²) in [7, 11) is 0. The lowest BCUT2D eigenvalue weighted by Gasteiger charge is -2.00. The molecule has 1 saturated heterocycles. The summed E-state index contributed by atoms with van der Waals surface area (Å²) >= 11 is 2.01. The molecular weight excluding hydrogens is 218 g/mol. The average molecular weight is 231 g/mol. The van der Waals surface area contributed by atoms with E-state index in [-0.39, 0.29) is 0 Å². The number of phenolic OH excluding ortho intramolecular Hbond substituents is 1. The van der Waals surface area contributed by atoms with Crippen LogP contribution in [0.1, 0.15) is 0 Å². The van der Waals surface area contributed by atoms with E-state index in [9.17, 15) is 5.11 Å². The molecule has 0 aliphatic carbocycles. The Morgan fingerprint density at radius 2 is 2.19 bits per heavy atom. The topological polar surface area (TPSA) is 25.2 Å². The van der Waals surface area contributed by atoms with Crippen LogP contribution in [0.5, 0.6) is 5.75 Å². The number of phenols is 1. The van der Waals surface area contributed by atoms with E-state index < -0.39 is 0 Å². The van der Waals surface area contributed by atoms with Crippen LogP contribution in [0, 0.1) is 0 Å². The van der Waals surface area contributed by atoms with Gasteiger partial charge in [-0.2, -0.15) is 11.8 Å². The maximum atomic E-state index is 9.43. The van der Waals surface area contributed by atoms with Gasteiger partial charge in [-0.15, -0.1) is 0 Å². The van der Waals surface area contributed by atoms with Crippen molar-refractivity contribution in [1.82, 2.24) is 4.57 Å². The molecule has 3 rings (SSSR count). The molecule has 82 valence electrons. The molecule has 1 fully saturated rings. The Bertz CT molecular complexity index is 502. The average Bonchev–Trinajstić information content (AvgIpc) is 2.94. The minimum atomic E-state index is 0.322. The number of rotatable bonds is 3. The minimum absolute atomic E-state index is 0.322. The molecular formula is C13H13NOS. The molecule has 0 radical (unpaired) electrons. The molecule has 3 heteroatoms. The summed E-state index contributed by atoms with van der Waals surface area (Å²) in [5.74, 6) is 1.61. The molecule has 1 unspecified atom stereocenters. The third-order valence-corrected chi connectivity index (χ3v) is 3.70. The molecule has 16 heavy (non-hydrogen) atoms. The van der Waals surface area contributed by atoms with Gasteiger partial charge < -0.3 is 9.67 Å². The quantitative estimate of drug-likeness (QED) is 0.821. The maximum Gasteiger partial charge on any atom is 0.116 e. The van der Waals surface area contributed by atoms with Gasteiger partial charge in [0.2, 0.25) is 0 Å². The van der Waals surface area contributed by atoms with Crippen molar-refractivity contribution in [2.24, 2.45) is 0 Å². The zero-order valence-corrected chi connectivity index (χ0v) is 9.65. The predicted molar refractivity (Wildman–Crippen MR) is 67.8 cm³/mol. The van der Waals surface area contributed by atoms with Crippen molar-refractivity contribution in [2.45, 2.75) is 11.8 Å². The summed E-state index contributed by atoms with van der Waals surface area (Å²) in [5.41, 5.74) is 2.24. The van der Waals surface area contributed by atoms with Crippen LogP contribution in [0.15, 0.2) is 42.7 Å². The first-order valence-electron chi connectivity index (χ1n) is 5.38. The van der Waals surface area contributed by atoms with Crippen LogP contribution in [-0.2, 0) is 6.54 Å². The molecule has 2 heterocycles. The molecule has 1 aliphatic rings. The third-order valence-electron chi connectivity index (χ3n) is 2.75. The molecule has 1 N–H and O–H groups in total. The zero-order valence-electron chi connectivity index (χ0n) is 8.84. The van der Waals surface area contributed by atoms with Crippen molar-refractivity contribution in [2.75, 3.05) is 5.75 Å². The molecule has 2 aromatic rings. The van der Waals surface area contributed by atoms with Crippen LogP contribution >= 0.6 is 11.8 Å². The molecule has 1 aromatic carbocycles. The highest BCUT2D eigenvalue weighted by atomic mass is 32.2. The third kappa shape index (κ3) is 2.09. The Morgan fingerprint density at radius 1 is 1.31 bits per heavy atom. The highest BCUT2D eigenvalue weighted by Crippen LogP contribution is 2.32. The van der Waals surface area contributed by atoms with E-state index in [2.05, 4.69) is 23.0 Å². The Kier molecular flexibility index (Phi) is 2.40. The lowest BCUT2D eigenvalue weighted by atomic mass is 10.1. The normalized spacial score (nSPS) is 18.6. The van der Waals surface area contributed by atoms with Crippen molar-refractivity contribution in [3.8, 4) is 16.9 Å². The fourth-order valence-electron chi connectivity index (χ4n) is 1.82. The Morgan fingerprint density at radius 3 is 2.94 bits per heavy atom. The van der Waals surface area contributed by atoms with Gasteiger partial charge in [-0.3, -0.25) is 0 Å². The lowest BCUT2D eigenvalue weighted by Crippen LogP contribution is -1.99. The first-order chi connectivity index (χ1) is 7.81. The summed E-state index contributed by atoms with van der Waals surface area (Å²) in [6, 6.07) is 9.48. The van der Waals surface area contributed by atoms with Gasteiger partial charge >= 0.3 is 0 Å². The number of nitrogens with zero attached hydrogens (tertiary/aromatic N) is 1. The number of hydrogen-bond acceptors (Lipinski definition) is 2. The van der Waals surface area contributed by atoms with Crippen LogP contribution in [0.3, 0.4) is 0 Å². The predicted octanol–water partition coefficient (Wildman–Crippen LogP) is 2.98. The second-order valence-corrected chi connectivity index (χ2v) is 5.44. The van der Waals surface area contributed by atoms with Gasteiger partial charge in [0.1, 0.15) is 5.75 Å². The summed E-state index contributed by atoms with van der Waals surface area (Å²) < 4.78 is 2.23. The fraction of sp³-hybridized carbons (Fsp3) is 0.231. The van der Waals surface area contributed by atoms with Crippen molar-refractivity contribution in [3.63, 3.8) is 0 Å². The number of benzene rings is 1. The largest absolute Gasteiger partial charge is 0.508 e. The minimum Gasteiger partial charge on any atom is -0.508 e. The van der Waals surface area contributed by atoms with Crippen LogP contribution in [0.2, 0.25) is 0 Å². The van der Waals surface area contributed by atoms with Crippen LogP contribution < -0.4 is 0 Å². The highest BCUT2D eigenvalue weighted by Gasteiger charge is 2.22.